The zero-order valence-electron chi connectivity index (χ0n) is 14.0. The van der Waals surface area contributed by atoms with Gasteiger partial charge in [0.2, 0.25) is 5.91 Å². The van der Waals surface area contributed by atoms with Crippen LogP contribution in [0.5, 0.6) is 0 Å². The molecular weight excluding hydrogens is 292 g/mol. The molecule has 5 heteroatoms. The first-order valence-corrected chi connectivity index (χ1v) is 8.47. The van der Waals surface area contributed by atoms with Crippen molar-refractivity contribution in [3.05, 3.63) is 35.9 Å². The molecule has 4 atom stereocenters. The highest BCUT2D eigenvalue weighted by molar-refractivity contribution is 5.75. The number of carbonyl (C=O) groups excluding carboxylic acids is 1. The van der Waals surface area contributed by atoms with Crippen LogP contribution in [0, 0.1) is 0 Å². The van der Waals surface area contributed by atoms with E-state index in [1.807, 2.05) is 25.1 Å². The van der Waals surface area contributed by atoms with Crippen molar-refractivity contribution < 1.29 is 15.0 Å². The summed E-state index contributed by atoms with van der Waals surface area (Å²) in [4.78, 5) is 13.6. The van der Waals surface area contributed by atoms with Gasteiger partial charge in [-0.05, 0) is 31.9 Å². The number of carbonyl (C=O) groups is 1. The first-order chi connectivity index (χ1) is 11.0. The third-order valence-corrected chi connectivity index (χ3v) is 4.74. The molecule has 0 radical (unpaired) electrons. The number of nitrogens with zero attached hydrogens (tertiary/aromatic N) is 1. The van der Waals surface area contributed by atoms with E-state index in [0.29, 0.717) is 13.0 Å². The van der Waals surface area contributed by atoms with Crippen LogP contribution in [-0.2, 0) is 11.2 Å². The summed E-state index contributed by atoms with van der Waals surface area (Å²) in [6.07, 6.45) is 0.750. The van der Waals surface area contributed by atoms with Gasteiger partial charge in [0.05, 0.1) is 18.2 Å². The molecule has 1 aliphatic rings. The normalized spacial score (nSPS) is 28.0. The second kappa shape index (κ2) is 8.43. The van der Waals surface area contributed by atoms with Gasteiger partial charge in [0.1, 0.15) is 0 Å². The number of aliphatic hydroxyl groups excluding tert-OH is 2. The molecule has 4 unspecified atom stereocenters. The Labute approximate surface area is 138 Å². The van der Waals surface area contributed by atoms with Crippen molar-refractivity contribution >= 4 is 5.91 Å². The third-order valence-electron chi connectivity index (χ3n) is 4.74. The second-order valence-electron chi connectivity index (χ2n) is 6.27. The van der Waals surface area contributed by atoms with Gasteiger partial charge in [-0.25, -0.2) is 0 Å². The van der Waals surface area contributed by atoms with Gasteiger partial charge in [-0.2, -0.15) is 0 Å². The minimum atomic E-state index is -0.820. The summed E-state index contributed by atoms with van der Waals surface area (Å²) in [7, 11) is 0. The van der Waals surface area contributed by atoms with Crippen molar-refractivity contribution in [1.82, 2.24) is 10.2 Å². The van der Waals surface area contributed by atoms with Crippen molar-refractivity contribution in [3.8, 4) is 0 Å². The summed E-state index contributed by atoms with van der Waals surface area (Å²) in [6.45, 7) is 4.89. The van der Waals surface area contributed by atoms with Gasteiger partial charge in [0.15, 0.2) is 0 Å². The third kappa shape index (κ3) is 4.53. The molecule has 0 bridgehead atoms. The lowest BCUT2D eigenvalue weighted by molar-refractivity contribution is -0.121. The van der Waals surface area contributed by atoms with Crippen LogP contribution in [0.4, 0.5) is 0 Å². The van der Waals surface area contributed by atoms with E-state index in [0.717, 1.165) is 19.4 Å². The highest BCUT2D eigenvalue weighted by atomic mass is 16.3. The maximum atomic E-state index is 11.5. The molecule has 23 heavy (non-hydrogen) atoms. The van der Waals surface area contributed by atoms with Crippen LogP contribution in [0.25, 0.3) is 0 Å². The van der Waals surface area contributed by atoms with Crippen LogP contribution >= 0.6 is 0 Å². The number of benzene rings is 1. The number of aliphatic hydroxyl groups is 2. The van der Waals surface area contributed by atoms with Crippen molar-refractivity contribution in [1.29, 1.82) is 0 Å². The van der Waals surface area contributed by atoms with E-state index >= 15 is 0 Å². The van der Waals surface area contributed by atoms with Crippen molar-refractivity contribution in [2.24, 2.45) is 0 Å². The molecule has 5 nitrogen and oxygen atoms in total. The van der Waals surface area contributed by atoms with Crippen molar-refractivity contribution in [3.63, 3.8) is 0 Å². The highest BCUT2D eigenvalue weighted by Gasteiger charge is 2.44. The molecule has 0 saturated carbocycles. The molecule has 128 valence electrons. The predicted octanol–water partition coefficient (Wildman–Crippen LogP) is 0.940. The van der Waals surface area contributed by atoms with Crippen LogP contribution in [0.3, 0.4) is 0 Å². The fourth-order valence-corrected chi connectivity index (χ4v) is 3.27. The molecule has 0 aromatic heterocycles. The number of hydrogen-bond acceptors (Lipinski definition) is 4. The van der Waals surface area contributed by atoms with Crippen LogP contribution in [0.15, 0.2) is 30.3 Å². The van der Waals surface area contributed by atoms with Gasteiger partial charge in [-0.15, -0.1) is 0 Å². The summed E-state index contributed by atoms with van der Waals surface area (Å²) in [5, 5.41) is 23.2. The molecule has 0 aliphatic carbocycles. The summed E-state index contributed by atoms with van der Waals surface area (Å²) < 4.78 is 0. The molecule has 1 aliphatic heterocycles. The number of amides is 1. The molecule has 1 saturated heterocycles. The van der Waals surface area contributed by atoms with Gasteiger partial charge in [-0.1, -0.05) is 37.3 Å². The maximum absolute atomic E-state index is 11.5. The van der Waals surface area contributed by atoms with Gasteiger partial charge >= 0.3 is 0 Å². The summed E-state index contributed by atoms with van der Waals surface area (Å²) >= 11 is 0. The van der Waals surface area contributed by atoms with E-state index in [1.165, 1.54) is 5.56 Å². The smallest absolute Gasteiger partial charge is 0.219 e. The first-order valence-electron chi connectivity index (χ1n) is 8.47. The molecule has 2 rings (SSSR count). The highest BCUT2D eigenvalue weighted by Crippen LogP contribution is 2.25. The Morgan fingerprint density at radius 2 is 1.91 bits per heavy atom. The van der Waals surface area contributed by atoms with Gasteiger partial charge in [0, 0.05) is 19.0 Å². The van der Waals surface area contributed by atoms with E-state index in [2.05, 4.69) is 22.3 Å². The summed E-state index contributed by atoms with van der Waals surface area (Å²) in [5.74, 6) is -0.0320. The molecular formula is C18H28N2O3. The lowest BCUT2D eigenvalue weighted by Crippen LogP contribution is -2.46. The fraction of sp³-hybridized carbons (Fsp3) is 0.611. The van der Waals surface area contributed by atoms with Crippen LogP contribution in [0.2, 0.25) is 0 Å². The Hall–Kier alpha value is -1.43. The average molecular weight is 320 g/mol. The topological polar surface area (TPSA) is 72.8 Å². The molecule has 1 fully saturated rings. The number of aryl methyl sites for hydroxylation is 1. The Morgan fingerprint density at radius 3 is 2.57 bits per heavy atom. The maximum Gasteiger partial charge on any atom is 0.219 e. The first kappa shape index (κ1) is 17.9. The zero-order chi connectivity index (χ0) is 16.8. The van der Waals surface area contributed by atoms with E-state index in [1.54, 1.807) is 6.92 Å². The predicted molar refractivity (Wildman–Crippen MR) is 90.0 cm³/mol. The van der Waals surface area contributed by atoms with Crippen LogP contribution in [0.1, 0.15) is 32.3 Å². The Kier molecular flexibility index (Phi) is 6.57. The SMILES string of the molecule is CCC(=O)NCC1C(O)C(O)C(C)N1CCCc1ccccc1. The standard InChI is InChI=1S/C18H28N2O3/c1-3-16(21)19-12-15-18(23)17(22)13(2)20(15)11-7-10-14-8-5-4-6-9-14/h4-6,8-9,13,15,17-18,22-23H,3,7,10-12H2,1-2H3,(H,19,21). The average Bonchev–Trinajstić information content (AvgIpc) is 2.78. The Morgan fingerprint density at radius 1 is 1.22 bits per heavy atom. The number of nitrogens with one attached hydrogen (secondary N) is 1. The number of hydrogen-bond donors (Lipinski definition) is 3. The molecule has 1 amide bonds. The quantitative estimate of drug-likeness (QED) is 0.699. The molecule has 0 spiro atoms. The Balaban J connectivity index is 1.91. The van der Waals surface area contributed by atoms with E-state index in [-0.39, 0.29) is 18.0 Å². The summed E-state index contributed by atoms with van der Waals surface area (Å²) in [6, 6.07) is 9.95. The van der Waals surface area contributed by atoms with E-state index in [4.69, 9.17) is 0 Å². The molecule has 1 heterocycles. The van der Waals surface area contributed by atoms with Gasteiger partial charge in [-0.3, -0.25) is 9.69 Å². The monoisotopic (exact) mass is 320 g/mol. The fourth-order valence-electron chi connectivity index (χ4n) is 3.27. The van der Waals surface area contributed by atoms with Gasteiger partial charge < -0.3 is 15.5 Å². The lowest BCUT2D eigenvalue weighted by atomic mass is 10.1. The van der Waals surface area contributed by atoms with E-state index in [9.17, 15) is 15.0 Å². The van der Waals surface area contributed by atoms with Crippen LogP contribution in [-0.4, -0.2) is 58.4 Å². The minimum absolute atomic E-state index is 0.0320. The second-order valence-corrected chi connectivity index (χ2v) is 6.27. The van der Waals surface area contributed by atoms with Crippen molar-refractivity contribution in [2.75, 3.05) is 13.1 Å². The number of likely N-dealkylation sites (tertiary alicyclic amines) is 1. The van der Waals surface area contributed by atoms with Crippen LogP contribution < -0.4 is 5.32 Å². The molecule has 1 aromatic rings. The summed E-state index contributed by atoms with van der Waals surface area (Å²) in [5.41, 5.74) is 1.29. The Bertz CT molecular complexity index is 494. The largest absolute Gasteiger partial charge is 0.389 e. The minimum Gasteiger partial charge on any atom is -0.389 e. The van der Waals surface area contributed by atoms with E-state index < -0.39 is 12.2 Å². The lowest BCUT2D eigenvalue weighted by Gasteiger charge is -2.29. The zero-order valence-corrected chi connectivity index (χ0v) is 14.0. The molecule has 1 aromatic carbocycles. The van der Waals surface area contributed by atoms with Crippen molar-refractivity contribution in [2.45, 2.75) is 57.4 Å². The number of rotatable bonds is 7. The molecule has 3 N–H and O–H groups in total. The van der Waals surface area contributed by atoms with Gasteiger partial charge in [0.25, 0.3) is 0 Å².